The largest absolute Gasteiger partial charge is 0.444 e. The molecule has 0 saturated heterocycles. The molecule has 1 aromatic heterocycles. The maximum atomic E-state index is 14.6. The molecule has 8 heteroatoms. The predicted molar refractivity (Wildman–Crippen MR) is 118 cm³/mol. The summed E-state index contributed by atoms with van der Waals surface area (Å²) in [5, 5.41) is 2.97. The third-order valence-corrected chi connectivity index (χ3v) is 5.49. The number of aromatic nitrogens is 2. The van der Waals surface area contributed by atoms with Crippen LogP contribution in [0.2, 0.25) is 0 Å². The van der Waals surface area contributed by atoms with Gasteiger partial charge in [-0.05, 0) is 64.7 Å². The summed E-state index contributed by atoms with van der Waals surface area (Å²) >= 11 is 0. The Labute approximate surface area is 183 Å². The maximum Gasteiger partial charge on any atom is 0.407 e. The van der Waals surface area contributed by atoms with Gasteiger partial charge in [-0.15, -0.1) is 0 Å². The van der Waals surface area contributed by atoms with Crippen molar-refractivity contribution in [3.8, 4) is 11.3 Å². The van der Waals surface area contributed by atoms with Crippen molar-refractivity contribution in [3.05, 3.63) is 36.0 Å². The number of methoxy groups -OCH3 is 1. The Morgan fingerprint density at radius 3 is 2.61 bits per heavy atom. The zero-order chi connectivity index (χ0) is 22.6. The maximum absolute atomic E-state index is 14.6. The minimum absolute atomic E-state index is 0.0856. The number of ether oxygens (including phenoxy) is 2. The Kier molecular flexibility index (Phi) is 7.20. The molecule has 1 saturated carbocycles. The fourth-order valence-electron chi connectivity index (χ4n) is 4.06. The van der Waals surface area contributed by atoms with Crippen molar-refractivity contribution in [1.29, 1.82) is 0 Å². The van der Waals surface area contributed by atoms with Crippen molar-refractivity contribution < 1.29 is 18.7 Å². The van der Waals surface area contributed by atoms with Gasteiger partial charge in [-0.1, -0.05) is 0 Å². The van der Waals surface area contributed by atoms with E-state index in [1.807, 2.05) is 25.3 Å². The molecule has 1 heterocycles. The van der Waals surface area contributed by atoms with Gasteiger partial charge in [0.1, 0.15) is 17.2 Å². The normalized spacial score (nSPS) is 19.3. The highest BCUT2D eigenvalue weighted by Crippen LogP contribution is 2.35. The van der Waals surface area contributed by atoms with Gasteiger partial charge >= 0.3 is 6.09 Å². The Bertz CT molecular complexity index is 899. The molecule has 0 spiro atoms. The number of alkyl carbamates (subject to hydrolysis) is 1. The zero-order valence-electron chi connectivity index (χ0n) is 18.8. The van der Waals surface area contributed by atoms with E-state index in [1.165, 1.54) is 6.07 Å². The number of nitrogens with two attached hydrogens (primary N) is 1. The highest BCUT2D eigenvalue weighted by Gasteiger charge is 2.29. The summed E-state index contributed by atoms with van der Waals surface area (Å²) in [6, 6.07) is 4.80. The molecule has 3 N–H and O–H groups in total. The molecule has 1 amide bonds. The third kappa shape index (κ3) is 5.97. The molecule has 1 aliphatic carbocycles. The SMILES string of the molecule is COCCn1c(-c2ccc(N)cc2F)cnc1C1CCC(NC(=O)OC(C)(C)C)CC1. The van der Waals surface area contributed by atoms with Crippen molar-refractivity contribution in [2.45, 2.75) is 70.6 Å². The average Bonchev–Trinajstić information content (AvgIpc) is 3.09. The quantitative estimate of drug-likeness (QED) is 0.657. The van der Waals surface area contributed by atoms with Gasteiger partial charge in [0.2, 0.25) is 0 Å². The van der Waals surface area contributed by atoms with E-state index in [0.717, 1.165) is 37.2 Å². The number of nitrogen functional groups attached to an aromatic ring is 1. The van der Waals surface area contributed by atoms with Crippen molar-refractivity contribution in [2.24, 2.45) is 0 Å². The lowest BCUT2D eigenvalue weighted by molar-refractivity contribution is 0.0490. The lowest BCUT2D eigenvalue weighted by atomic mass is 9.85. The number of carbonyl (C=O) groups excluding carboxylic acids is 1. The third-order valence-electron chi connectivity index (χ3n) is 5.49. The number of amides is 1. The molecule has 7 nitrogen and oxygen atoms in total. The molecule has 1 aliphatic rings. The summed E-state index contributed by atoms with van der Waals surface area (Å²) in [6.45, 7) is 6.64. The summed E-state index contributed by atoms with van der Waals surface area (Å²) in [6.07, 6.45) is 4.80. The monoisotopic (exact) mass is 432 g/mol. The van der Waals surface area contributed by atoms with Crippen LogP contribution in [0.3, 0.4) is 0 Å². The van der Waals surface area contributed by atoms with Crippen LogP contribution in [0.1, 0.15) is 58.2 Å². The van der Waals surface area contributed by atoms with Gasteiger partial charge in [0.25, 0.3) is 0 Å². The molecule has 0 radical (unpaired) electrons. The summed E-state index contributed by atoms with van der Waals surface area (Å²) in [7, 11) is 1.65. The van der Waals surface area contributed by atoms with E-state index in [4.69, 9.17) is 15.2 Å². The number of hydrogen-bond acceptors (Lipinski definition) is 5. The molecule has 170 valence electrons. The van der Waals surface area contributed by atoms with Crippen molar-refractivity contribution in [2.75, 3.05) is 19.5 Å². The van der Waals surface area contributed by atoms with Crippen molar-refractivity contribution in [1.82, 2.24) is 14.9 Å². The van der Waals surface area contributed by atoms with Crippen LogP contribution in [0.25, 0.3) is 11.3 Å². The number of imidazole rings is 1. The minimum atomic E-state index is -0.513. The summed E-state index contributed by atoms with van der Waals surface area (Å²) in [4.78, 5) is 16.7. The molecular formula is C23H33FN4O3. The topological polar surface area (TPSA) is 91.4 Å². The predicted octanol–water partition coefficient (Wildman–Crippen LogP) is 4.47. The molecule has 31 heavy (non-hydrogen) atoms. The van der Waals surface area contributed by atoms with E-state index in [-0.39, 0.29) is 23.9 Å². The van der Waals surface area contributed by atoms with E-state index in [1.54, 1.807) is 25.4 Å². The molecule has 3 rings (SSSR count). The summed E-state index contributed by atoms with van der Waals surface area (Å²) < 4.78 is 27.3. The first kappa shape index (κ1) is 23.1. The minimum Gasteiger partial charge on any atom is -0.444 e. The number of halogens is 1. The van der Waals surface area contributed by atoms with E-state index < -0.39 is 5.60 Å². The van der Waals surface area contributed by atoms with Crippen molar-refractivity contribution >= 4 is 11.8 Å². The van der Waals surface area contributed by atoms with Crippen LogP contribution in [-0.2, 0) is 16.0 Å². The van der Waals surface area contributed by atoms with Crippen LogP contribution in [0.15, 0.2) is 24.4 Å². The molecule has 0 aliphatic heterocycles. The van der Waals surface area contributed by atoms with Crippen molar-refractivity contribution in [3.63, 3.8) is 0 Å². The molecule has 1 fully saturated rings. The van der Waals surface area contributed by atoms with E-state index in [0.29, 0.717) is 24.4 Å². The number of benzene rings is 1. The highest BCUT2D eigenvalue weighted by molar-refractivity contribution is 5.68. The van der Waals surface area contributed by atoms with Crippen LogP contribution in [0.4, 0.5) is 14.9 Å². The Hall–Kier alpha value is -2.61. The van der Waals surface area contributed by atoms with Crippen LogP contribution in [0, 0.1) is 5.82 Å². The first-order valence-electron chi connectivity index (χ1n) is 10.8. The molecular weight excluding hydrogens is 399 g/mol. The molecule has 0 unspecified atom stereocenters. The van der Waals surface area contributed by atoms with Gasteiger partial charge in [-0.2, -0.15) is 0 Å². The molecule has 0 bridgehead atoms. The van der Waals surface area contributed by atoms with Crippen LogP contribution in [0.5, 0.6) is 0 Å². The van der Waals surface area contributed by atoms with Crippen LogP contribution >= 0.6 is 0 Å². The van der Waals surface area contributed by atoms with Crippen LogP contribution in [-0.4, -0.2) is 41.0 Å². The van der Waals surface area contributed by atoms with Gasteiger partial charge in [-0.25, -0.2) is 14.2 Å². The Morgan fingerprint density at radius 2 is 2.00 bits per heavy atom. The lowest BCUT2D eigenvalue weighted by Gasteiger charge is -2.30. The second kappa shape index (κ2) is 9.68. The molecule has 1 aromatic carbocycles. The second-order valence-electron chi connectivity index (χ2n) is 9.08. The Morgan fingerprint density at radius 1 is 1.29 bits per heavy atom. The number of hydrogen-bond donors (Lipinski definition) is 2. The van der Waals surface area contributed by atoms with E-state index >= 15 is 0 Å². The summed E-state index contributed by atoms with van der Waals surface area (Å²) in [5.41, 5.74) is 6.78. The zero-order valence-corrected chi connectivity index (χ0v) is 18.8. The second-order valence-corrected chi connectivity index (χ2v) is 9.08. The van der Waals surface area contributed by atoms with Gasteiger partial charge in [0.15, 0.2) is 0 Å². The van der Waals surface area contributed by atoms with Gasteiger partial charge < -0.3 is 25.1 Å². The Balaban J connectivity index is 1.73. The fraction of sp³-hybridized carbons (Fsp3) is 0.565. The number of nitrogens with zero attached hydrogens (tertiary/aromatic N) is 2. The molecule has 0 atom stereocenters. The van der Waals surface area contributed by atoms with E-state index in [9.17, 15) is 9.18 Å². The number of anilines is 1. The lowest BCUT2D eigenvalue weighted by Crippen LogP contribution is -2.40. The number of nitrogens with one attached hydrogen (secondary N) is 1. The molecule has 2 aromatic rings. The van der Waals surface area contributed by atoms with Crippen LogP contribution < -0.4 is 11.1 Å². The smallest absolute Gasteiger partial charge is 0.407 e. The standard InChI is InChI=1S/C23H33FN4O3/c1-23(2,3)31-22(29)27-17-8-5-15(6-9-17)21-26-14-20(28(21)11-12-30-4)18-10-7-16(25)13-19(18)24/h7,10,13-15,17H,5-6,8-9,11-12,25H2,1-4H3,(H,27,29). The first-order chi connectivity index (χ1) is 14.7. The van der Waals surface area contributed by atoms with Gasteiger partial charge in [0, 0.05) is 36.9 Å². The average molecular weight is 433 g/mol. The highest BCUT2D eigenvalue weighted by atomic mass is 19.1. The number of carbonyl (C=O) groups is 1. The first-order valence-corrected chi connectivity index (χ1v) is 10.8. The van der Waals surface area contributed by atoms with E-state index in [2.05, 4.69) is 10.3 Å². The fourth-order valence-corrected chi connectivity index (χ4v) is 4.06. The van der Waals surface area contributed by atoms with Gasteiger partial charge in [0.05, 0.1) is 18.5 Å². The summed E-state index contributed by atoms with van der Waals surface area (Å²) in [5.74, 6) is 0.800. The number of rotatable bonds is 6. The van der Waals surface area contributed by atoms with Gasteiger partial charge in [-0.3, -0.25) is 0 Å².